The van der Waals surface area contributed by atoms with Crippen molar-refractivity contribution in [1.29, 1.82) is 0 Å². The molecule has 0 saturated heterocycles. The van der Waals surface area contributed by atoms with Gasteiger partial charge in [-0.1, -0.05) is 11.6 Å². The van der Waals surface area contributed by atoms with Gasteiger partial charge in [0.05, 0.1) is 5.02 Å². The molecule has 1 rings (SSSR count). The molecule has 2 nitrogen and oxygen atoms in total. The first-order valence-electron chi connectivity index (χ1n) is 2.79. The van der Waals surface area contributed by atoms with E-state index in [9.17, 15) is 0 Å². The Morgan fingerprint density at radius 1 is 1.67 bits per heavy atom. The average Bonchev–Trinajstić information content (AvgIpc) is 2.13. The fraction of sp³-hybridized carbons (Fsp3) is 0.333. The highest BCUT2D eigenvalue weighted by Crippen LogP contribution is 2.19. The minimum absolute atomic E-state index is 0.0174. The number of halogens is 1. The third-order valence-electron chi connectivity index (χ3n) is 1.22. The average molecular weight is 145 g/mol. The number of aromatic amines is 1. The van der Waals surface area contributed by atoms with Gasteiger partial charge >= 0.3 is 0 Å². The monoisotopic (exact) mass is 144 g/mol. The molecule has 1 aromatic heterocycles. The molecule has 0 amide bonds. The smallest absolute Gasteiger partial charge is 0.0628 e. The lowest BCUT2D eigenvalue weighted by molar-refractivity contribution is 0.820. The van der Waals surface area contributed by atoms with Gasteiger partial charge in [0.15, 0.2) is 0 Å². The van der Waals surface area contributed by atoms with Crippen molar-refractivity contribution in [3.63, 3.8) is 0 Å². The first kappa shape index (κ1) is 6.65. The van der Waals surface area contributed by atoms with Crippen LogP contribution < -0.4 is 5.73 Å². The molecule has 50 valence electrons. The Morgan fingerprint density at radius 2 is 2.33 bits per heavy atom. The number of aromatic nitrogens is 1. The zero-order chi connectivity index (χ0) is 6.85. The van der Waals surface area contributed by atoms with Crippen molar-refractivity contribution in [2.75, 3.05) is 0 Å². The lowest BCUT2D eigenvalue weighted by Crippen LogP contribution is -2.03. The summed E-state index contributed by atoms with van der Waals surface area (Å²) in [6, 6.07) is 0.0174. The molecule has 0 fully saturated rings. The zero-order valence-electron chi connectivity index (χ0n) is 5.19. The highest BCUT2D eigenvalue weighted by Gasteiger charge is 2.03. The van der Waals surface area contributed by atoms with Crippen molar-refractivity contribution < 1.29 is 0 Å². The minimum atomic E-state index is 0.0174. The van der Waals surface area contributed by atoms with E-state index in [1.807, 2.05) is 13.1 Å². The van der Waals surface area contributed by atoms with Crippen molar-refractivity contribution in [2.24, 2.45) is 5.73 Å². The van der Waals surface area contributed by atoms with Crippen LogP contribution in [0.5, 0.6) is 0 Å². The van der Waals surface area contributed by atoms with Crippen LogP contribution in [0.25, 0.3) is 0 Å². The Morgan fingerprint density at radius 3 is 2.56 bits per heavy atom. The zero-order valence-corrected chi connectivity index (χ0v) is 5.94. The molecule has 1 unspecified atom stereocenters. The van der Waals surface area contributed by atoms with Crippen LogP contribution in [0, 0.1) is 0 Å². The number of hydrogen-bond donors (Lipinski definition) is 2. The Hall–Kier alpha value is -0.470. The molecule has 1 atom stereocenters. The van der Waals surface area contributed by atoms with E-state index in [2.05, 4.69) is 4.98 Å². The minimum Gasteiger partial charge on any atom is -0.366 e. The lowest BCUT2D eigenvalue weighted by atomic mass is 10.2. The van der Waals surface area contributed by atoms with Gasteiger partial charge in [0.1, 0.15) is 0 Å². The van der Waals surface area contributed by atoms with E-state index < -0.39 is 0 Å². The van der Waals surface area contributed by atoms with Crippen molar-refractivity contribution in [3.05, 3.63) is 23.0 Å². The molecule has 1 aromatic rings. The van der Waals surface area contributed by atoms with Gasteiger partial charge in [-0.15, -0.1) is 0 Å². The first-order chi connectivity index (χ1) is 4.22. The summed E-state index contributed by atoms with van der Waals surface area (Å²) in [4.78, 5) is 2.87. The summed E-state index contributed by atoms with van der Waals surface area (Å²) in [5.74, 6) is 0. The molecule has 0 aromatic carbocycles. The summed E-state index contributed by atoms with van der Waals surface area (Å²) in [5, 5.41) is 0.713. The predicted molar refractivity (Wildman–Crippen MR) is 38.4 cm³/mol. The van der Waals surface area contributed by atoms with Gasteiger partial charge in [-0.2, -0.15) is 0 Å². The molecule has 0 aliphatic carbocycles. The van der Waals surface area contributed by atoms with Crippen LogP contribution in [0.15, 0.2) is 12.4 Å². The maximum Gasteiger partial charge on any atom is 0.0628 e. The molecule has 0 aliphatic heterocycles. The van der Waals surface area contributed by atoms with Crippen molar-refractivity contribution in [1.82, 2.24) is 4.98 Å². The fourth-order valence-corrected chi connectivity index (χ4v) is 0.995. The topological polar surface area (TPSA) is 41.8 Å². The normalized spacial score (nSPS) is 13.7. The van der Waals surface area contributed by atoms with E-state index in [0.717, 1.165) is 5.56 Å². The highest BCUT2D eigenvalue weighted by molar-refractivity contribution is 6.31. The van der Waals surface area contributed by atoms with Gasteiger partial charge in [-0.25, -0.2) is 0 Å². The van der Waals surface area contributed by atoms with E-state index in [0.29, 0.717) is 5.02 Å². The van der Waals surface area contributed by atoms with Crippen LogP contribution in [0.2, 0.25) is 5.02 Å². The van der Waals surface area contributed by atoms with Crippen molar-refractivity contribution in [2.45, 2.75) is 13.0 Å². The second-order valence-electron chi connectivity index (χ2n) is 2.05. The SMILES string of the molecule is CC(N)c1c[nH]cc1Cl. The molecule has 0 saturated carbocycles. The number of nitrogens with one attached hydrogen (secondary N) is 1. The largest absolute Gasteiger partial charge is 0.366 e. The summed E-state index contributed by atoms with van der Waals surface area (Å²) in [7, 11) is 0. The molecular weight excluding hydrogens is 136 g/mol. The Kier molecular flexibility index (Phi) is 1.78. The van der Waals surface area contributed by atoms with Crippen LogP contribution >= 0.6 is 11.6 Å². The number of H-pyrrole nitrogens is 1. The third-order valence-corrected chi connectivity index (χ3v) is 1.54. The van der Waals surface area contributed by atoms with Gasteiger partial charge in [-0.3, -0.25) is 0 Å². The molecule has 3 N–H and O–H groups in total. The molecule has 1 heterocycles. The number of hydrogen-bond acceptors (Lipinski definition) is 1. The Labute approximate surface area is 59.0 Å². The fourth-order valence-electron chi connectivity index (χ4n) is 0.706. The van der Waals surface area contributed by atoms with E-state index in [4.69, 9.17) is 17.3 Å². The number of rotatable bonds is 1. The van der Waals surface area contributed by atoms with Crippen LogP contribution in [0.4, 0.5) is 0 Å². The predicted octanol–water partition coefficient (Wildman–Crippen LogP) is 1.69. The van der Waals surface area contributed by atoms with E-state index in [-0.39, 0.29) is 6.04 Å². The van der Waals surface area contributed by atoms with Crippen molar-refractivity contribution >= 4 is 11.6 Å². The molecular formula is C6H9ClN2. The van der Waals surface area contributed by atoms with Gasteiger partial charge in [0.25, 0.3) is 0 Å². The van der Waals surface area contributed by atoms with Crippen LogP contribution in [0.1, 0.15) is 18.5 Å². The maximum atomic E-state index is 5.72. The second kappa shape index (κ2) is 2.42. The first-order valence-corrected chi connectivity index (χ1v) is 3.17. The second-order valence-corrected chi connectivity index (χ2v) is 2.45. The molecule has 3 heteroatoms. The summed E-state index contributed by atoms with van der Waals surface area (Å²) in [6.07, 6.45) is 3.53. The summed E-state index contributed by atoms with van der Waals surface area (Å²) in [6.45, 7) is 1.90. The van der Waals surface area contributed by atoms with Gasteiger partial charge in [0, 0.05) is 24.0 Å². The maximum absolute atomic E-state index is 5.72. The van der Waals surface area contributed by atoms with E-state index in [1.165, 1.54) is 0 Å². The van der Waals surface area contributed by atoms with E-state index in [1.54, 1.807) is 6.20 Å². The van der Waals surface area contributed by atoms with Gasteiger partial charge < -0.3 is 10.7 Å². The summed E-state index contributed by atoms with van der Waals surface area (Å²) in [5.41, 5.74) is 6.52. The van der Waals surface area contributed by atoms with Crippen LogP contribution in [0.3, 0.4) is 0 Å². The Balaban J connectivity index is 2.94. The van der Waals surface area contributed by atoms with Crippen LogP contribution in [-0.2, 0) is 0 Å². The standard InChI is InChI=1S/C6H9ClN2/c1-4(8)5-2-9-3-6(5)7/h2-4,9H,8H2,1H3. The highest BCUT2D eigenvalue weighted by atomic mass is 35.5. The van der Waals surface area contributed by atoms with Crippen LogP contribution in [-0.4, -0.2) is 4.98 Å². The lowest BCUT2D eigenvalue weighted by Gasteiger charge is -1.99. The van der Waals surface area contributed by atoms with Gasteiger partial charge in [0.2, 0.25) is 0 Å². The molecule has 0 bridgehead atoms. The quantitative estimate of drug-likeness (QED) is 0.619. The third kappa shape index (κ3) is 1.26. The van der Waals surface area contributed by atoms with Crippen molar-refractivity contribution in [3.8, 4) is 0 Å². The summed E-state index contributed by atoms with van der Waals surface area (Å²) < 4.78 is 0. The molecule has 0 aliphatic rings. The van der Waals surface area contributed by atoms with Gasteiger partial charge in [-0.05, 0) is 6.92 Å². The molecule has 0 spiro atoms. The molecule has 9 heavy (non-hydrogen) atoms. The Bertz CT molecular complexity index is 193. The molecule has 0 radical (unpaired) electrons. The van der Waals surface area contributed by atoms with E-state index >= 15 is 0 Å². The summed E-state index contributed by atoms with van der Waals surface area (Å²) >= 11 is 5.72. The number of nitrogens with two attached hydrogens (primary N) is 1.